The summed E-state index contributed by atoms with van der Waals surface area (Å²) in [5, 5.41) is 74.6. The van der Waals surface area contributed by atoms with Gasteiger partial charge in [-0.2, -0.15) is 0 Å². The monoisotopic (exact) mass is 388 g/mol. The predicted molar refractivity (Wildman–Crippen MR) is 87.3 cm³/mol. The molecule has 0 aliphatic carbocycles. The molecule has 0 spiro atoms. The third-order valence-corrected chi connectivity index (χ3v) is 3.40. The molecule has 0 rings (SSSR count). The number of ether oxygens (including phenoxy) is 3. The van der Waals surface area contributed by atoms with Gasteiger partial charge in [-0.3, -0.25) is 0 Å². The minimum atomic E-state index is -1.46. The van der Waals surface area contributed by atoms with Gasteiger partial charge in [0.2, 0.25) is 0 Å². The van der Waals surface area contributed by atoms with Crippen molar-refractivity contribution in [3.05, 3.63) is 0 Å². The van der Waals surface area contributed by atoms with Crippen LogP contribution in [-0.4, -0.2) is 130 Å². The highest BCUT2D eigenvalue weighted by molar-refractivity contribution is 4.82. The number of hydrogen-bond donors (Lipinski definition) is 8. The van der Waals surface area contributed by atoms with E-state index < -0.39 is 62.5 Å². The Bertz CT molecular complexity index is 331. The predicted octanol–water partition coefficient (Wildman–Crippen LogP) is -4.43. The lowest BCUT2D eigenvalue weighted by atomic mass is 10.0. The molecule has 0 aromatic carbocycles. The van der Waals surface area contributed by atoms with E-state index in [-0.39, 0.29) is 26.4 Å². The van der Waals surface area contributed by atoms with Crippen LogP contribution in [0.25, 0.3) is 0 Å². The normalized spacial score (nSPS) is 20.2. The van der Waals surface area contributed by atoms with Crippen molar-refractivity contribution in [2.45, 2.75) is 49.7 Å². The van der Waals surface area contributed by atoms with Gasteiger partial charge in [-0.15, -0.1) is 0 Å². The van der Waals surface area contributed by atoms with Gasteiger partial charge in [0.1, 0.15) is 36.6 Å². The summed E-state index contributed by atoms with van der Waals surface area (Å²) in [5.74, 6) is 0. The second-order valence-corrected chi connectivity index (χ2v) is 5.95. The topological polar surface area (TPSA) is 190 Å². The molecule has 0 heterocycles. The van der Waals surface area contributed by atoms with E-state index in [1.165, 1.54) is 6.92 Å². The van der Waals surface area contributed by atoms with Crippen LogP contribution in [0.1, 0.15) is 6.92 Å². The summed E-state index contributed by atoms with van der Waals surface area (Å²) < 4.78 is 15.7. The molecule has 0 bridgehead atoms. The summed E-state index contributed by atoms with van der Waals surface area (Å²) >= 11 is 0. The fourth-order valence-corrected chi connectivity index (χ4v) is 1.92. The number of hydrogen-bond acceptors (Lipinski definition) is 11. The SMILES string of the molecule is CC(O)C(OCC(O)CO)C(O)C(COCC(O)CO)OCC(O)CO. The molecule has 0 saturated heterocycles. The van der Waals surface area contributed by atoms with E-state index >= 15 is 0 Å². The largest absolute Gasteiger partial charge is 0.394 e. The molecule has 0 saturated carbocycles. The van der Waals surface area contributed by atoms with Gasteiger partial charge in [-0.1, -0.05) is 0 Å². The lowest BCUT2D eigenvalue weighted by Gasteiger charge is -2.32. The summed E-state index contributed by atoms with van der Waals surface area (Å²) in [6.45, 7) is -1.50. The van der Waals surface area contributed by atoms with Crippen molar-refractivity contribution < 1.29 is 55.1 Å². The third-order valence-electron chi connectivity index (χ3n) is 3.40. The van der Waals surface area contributed by atoms with Crippen LogP contribution in [0.15, 0.2) is 0 Å². The average Bonchev–Trinajstić information content (AvgIpc) is 2.62. The Balaban J connectivity index is 4.88. The zero-order valence-corrected chi connectivity index (χ0v) is 14.8. The lowest BCUT2D eigenvalue weighted by molar-refractivity contribution is -0.175. The first-order valence-corrected chi connectivity index (χ1v) is 8.30. The van der Waals surface area contributed by atoms with Crippen LogP contribution in [0.3, 0.4) is 0 Å². The van der Waals surface area contributed by atoms with Gasteiger partial charge in [-0.25, -0.2) is 0 Å². The molecular weight excluding hydrogens is 356 g/mol. The van der Waals surface area contributed by atoms with Crippen LogP contribution in [0.2, 0.25) is 0 Å². The van der Waals surface area contributed by atoms with Crippen LogP contribution < -0.4 is 0 Å². The minimum Gasteiger partial charge on any atom is -0.394 e. The van der Waals surface area contributed by atoms with E-state index in [1.807, 2.05) is 0 Å². The fraction of sp³-hybridized carbons (Fsp3) is 1.00. The Kier molecular flexibility index (Phi) is 14.4. The highest BCUT2D eigenvalue weighted by Crippen LogP contribution is 2.14. The summed E-state index contributed by atoms with van der Waals surface area (Å²) in [6.07, 6.45) is -8.48. The maximum absolute atomic E-state index is 10.4. The van der Waals surface area contributed by atoms with E-state index in [4.69, 9.17) is 29.5 Å². The van der Waals surface area contributed by atoms with Crippen molar-refractivity contribution in [1.29, 1.82) is 0 Å². The Morgan fingerprint density at radius 2 is 1.12 bits per heavy atom. The molecule has 7 unspecified atom stereocenters. The first-order valence-electron chi connectivity index (χ1n) is 8.30. The quantitative estimate of drug-likeness (QED) is 0.127. The summed E-state index contributed by atoms with van der Waals surface area (Å²) in [7, 11) is 0. The van der Waals surface area contributed by atoms with Gasteiger partial charge in [-0.05, 0) is 6.92 Å². The van der Waals surface area contributed by atoms with E-state index in [0.717, 1.165) is 0 Å². The van der Waals surface area contributed by atoms with Crippen molar-refractivity contribution in [3.8, 4) is 0 Å². The van der Waals surface area contributed by atoms with Crippen molar-refractivity contribution in [3.63, 3.8) is 0 Å². The molecular formula is C15H32O11. The van der Waals surface area contributed by atoms with E-state index in [9.17, 15) is 25.5 Å². The molecule has 11 heteroatoms. The zero-order chi connectivity index (χ0) is 20.1. The number of rotatable bonds is 16. The van der Waals surface area contributed by atoms with E-state index in [0.29, 0.717) is 0 Å². The molecule has 0 amide bonds. The molecule has 0 radical (unpaired) electrons. The van der Waals surface area contributed by atoms with Crippen LogP contribution >= 0.6 is 0 Å². The van der Waals surface area contributed by atoms with Crippen LogP contribution in [0, 0.1) is 0 Å². The van der Waals surface area contributed by atoms with Gasteiger partial charge in [0, 0.05) is 0 Å². The molecule has 0 aliphatic heterocycles. The number of aliphatic hydroxyl groups is 8. The van der Waals surface area contributed by atoms with Crippen molar-refractivity contribution >= 4 is 0 Å². The lowest BCUT2D eigenvalue weighted by Crippen LogP contribution is -2.49. The molecule has 0 aliphatic rings. The average molecular weight is 388 g/mol. The Hall–Kier alpha value is -0.440. The number of aliphatic hydroxyl groups excluding tert-OH is 8. The maximum Gasteiger partial charge on any atom is 0.112 e. The van der Waals surface area contributed by atoms with Crippen molar-refractivity contribution in [2.24, 2.45) is 0 Å². The Morgan fingerprint density at radius 1 is 0.654 bits per heavy atom. The molecule has 0 fully saturated rings. The minimum absolute atomic E-state index is 0.241. The van der Waals surface area contributed by atoms with Crippen LogP contribution in [0.4, 0.5) is 0 Å². The summed E-state index contributed by atoms with van der Waals surface area (Å²) in [4.78, 5) is 0. The van der Waals surface area contributed by atoms with Gasteiger partial charge >= 0.3 is 0 Å². The van der Waals surface area contributed by atoms with Gasteiger partial charge < -0.3 is 55.1 Å². The second kappa shape index (κ2) is 14.6. The van der Waals surface area contributed by atoms with Gasteiger partial charge in [0.25, 0.3) is 0 Å². The molecule has 26 heavy (non-hydrogen) atoms. The molecule has 0 aromatic rings. The Morgan fingerprint density at radius 3 is 1.58 bits per heavy atom. The molecule has 11 nitrogen and oxygen atoms in total. The van der Waals surface area contributed by atoms with E-state index in [1.54, 1.807) is 0 Å². The molecule has 0 aromatic heterocycles. The molecule has 8 N–H and O–H groups in total. The fourth-order valence-electron chi connectivity index (χ4n) is 1.92. The zero-order valence-electron chi connectivity index (χ0n) is 14.8. The second-order valence-electron chi connectivity index (χ2n) is 5.95. The first kappa shape index (κ1) is 25.6. The third kappa shape index (κ3) is 10.6. The van der Waals surface area contributed by atoms with Crippen LogP contribution in [-0.2, 0) is 14.2 Å². The smallest absolute Gasteiger partial charge is 0.112 e. The highest BCUT2D eigenvalue weighted by Gasteiger charge is 2.33. The van der Waals surface area contributed by atoms with Crippen molar-refractivity contribution in [1.82, 2.24) is 0 Å². The summed E-state index contributed by atoms with van der Waals surface area (Å²) in [6, 6.07) is 0. The molecule has 7 atom stereocenters. The van der Waals surface area contributed by atoms with Crippen molar-refractivity contribution in [2.75, 3.05) is 46.2 Å². The van der Waals surface area contributed by atoms with Crippen LogP contribution in [0.5, 0.6) is 0 Å². The maximum atomic E-state index is 10.4. The first-order chi connectivity index (χ1) is 12.3. The van der Waals surface area contributed by atoms with Gasteiger partial charge in [0.05, 0.1) is 52.4 Å². The van der Waals surface area contributed by atoms with E-state index in [2.05, 4.69) is 0 Å². The Labute approximate surface area is 152 Å². The highest BCUT2D eigenvalue weighted by atomic mass is 16.6. The molecule has 158 valence electrons. The summed E-state index contributed by atoms with van der Waals surface area (Å²) in [5.41, 5.74) is 0. The van der Waals surface area contributed by atoms with Gasteiger partial charge in [0.15, 0.2) is 0 Å². The standard InChI is InChI=1S/C15H32O11/c1-9(19)15(26-7-12(22)4-18)14(23)13(25-6-11(21)3-17)8-24-5-10(20)2-16/h9-23H,2-8H2,1H3.